The lowest BCUT2D eigenvalue weighted by Crippen LogP contribution is -1.98. The van der Waals surface area contributed by atoms with Crippen molar-refractivity contribution < 1.29 is 0 Å². The molecule has 4 nitrogen and oxygen atoms in total. The lowest BCUT2D eigenvalue weighted by Gasteiger charge is -2.05. The molecular formula is C13H14N4S. The van der Waals surface area contributed by atoms with Crippen LogP contribution in [0.15, 0.2) is 40.6 Å². The summed E-state index contributed by atoms with van der Waals surface area (Å²) in [5, 5.41) is 17.9. The van der Waals surface area contributed by atoms with E-state index in [-0.39, 0.29) is 0 Å². The number of hydrogen-bond donors (Lipinski definition) is 0. The second-order valence-corrected chi connectivity index (χ2v) is 4.88. The molecule has 1 aromatic heterocycles. The lowest BCUT2D eigenvalue weighted by molar-refractivity contribution is 0.587. The van der Waals surface area contributed by atoms with E-state index in [9.17, 15) is 0 Å². The third-order valence-corrected chi connectivity index (χ3v) is 3.62. The number of nitriles is 1. The number of benzene rings is 1. The molecule has 2 aromatic rings. The second kappa shape index (κ2) is 6.22. The van der Waals surface area contributed by atoms with Crippen LogP contribution in [-0.4, -0.2) is 14.8 Å². The lowest BCUT2D eigenvalue weighted by atomic mass is 10.2. The van der Waals surface area contributed by atoms with Gasteiger partial charge in [-0.25, -0.2) is 0 Å². The monoisotopic (exact) mass is 258 g/mol. The smallest absolute Gasteiger partial charge is 0.195 e. The van der Waals surface area contributed by atoms with Gasteiger partial charge >= 0.3 is 0 Å². The molecule has 0 saturated heterocycles. The maximum Gasteiger partial charge on any atom is 0.195 e. The first-order chi connectivity index (χ1) is 8.85. The van der Waals surface area contributed by atoms with Gasteiger partial charge in [0.25, 0.3) is 0 Å². The summed E-state index contributed by atoms with van der Waals surface area (Å²) in [6.07, 6.45) is 3.98. The number of rotatable bonds is 5. The normalized spacial score (nSPS) is 10.2. The average molecular weight is 258 g/mol. The minimum Gasteiger partial charge on any atom is -0.308 e. The Morgan fingerprint density at radius 3 is 3.00 bits per heavy atom. The molecule has 0 amide bonds. The van der Waals surface area contributed by atoms with Crippen LogP contribution in [0.5, 0.6) is 0 Å². The van der Waals surface area contributed by atoms with Crippen LogP contribution in [0.25, 0.3) is 0 Å². The zero-order valence-corrected chi connectivity index (χ0v) is 11.0. The van der Waals surface area contributed by atoms with Crippen molar-refractivity contribution in [3.63, 3.8) is 0 Å². The predicted octanol–water partition coefficient (Wildman–Crippen LogP) is 3.10. The van der Waals surface area contributed by atoms with Crippen LogP contribution in [0.4, 0.5) is 0 Å². The van der Waals surface area contributed by atoms with Crippen LogP contribution >= 0.6 is 11.8 Å². The number of unbranched alkanes of at least 4 members (excludes halogenated alkanes) is 1. The van der Waals surface area contributed by atoms with E-state index in [0.717, 1.165) is 29.4 Å². The van der Waals surface area contributed by atoms with E-state index >= 15 is 0 Å². The largest absolute Gasteiger partial charge is 0.308 e. The molecule has 0 fully saturated rings. The van der Waals surface area contributed by atoms with E-state index in [1.165, 1.54) is 11.8 Å². The van der Waals surface area contributed by atoms with Crippen molar-refractivity contribution in [2.24, 2.45) is 0 Å². The number of hydrogen-bond acceptors (Lipinski definition) is 4. The third-order valence-electron chi connectivity index (χ3n) is 2.54. The maximum atomic E-state index is 9.05. The first-order valence-corrected chi connectivity index (χ1v) is 6.71. The number of nitrogens with zero attached hydrogens (tertiary/aromatic N) is 4. The Labute approximate surface area is 111 Å². The van der Waals surface area contributed by atoms with E-state index < -0.39 is 0 Å². The summed E-state index contributed by atoms with van der Waals surface area (Å²) in [4.78, 5) is 0.922. The topological polar surface area (TPSA) is 54.5 Å². The quantitative estimate of drug-likeness (QED) is 0.827. The van der Waals surface area contributed by atoms with Crippen molar-refractivity contribution in [3.8, 4) is 6.07 Å². The van der Waals surface area contributed by atoms with Crippen LogP contribution in [0.3, 0.4) is 0 Å². The van der Waals surface area contributed by atoms with Crippen molar-refractivity contribution in [1.29, 1.82) is 5.26 Å². The van der Waals surface area contributed by atoms with Gasteiger partial charge in [-0.2, -0.15) is 5.26 Å². The predicted molar refractivity (Wildman–Crippen MR) is 70.2 cm³/mol. The van der Waals surface area contributed by atoms with Gasteiger partial charge < -0.3 is 4.57 Å². The molecular weight excluding hydrogens is 244 g/mol. The standard InChI is InChI=1S/C13H14N4S/c1-2-3-8-17-10-15-16-13(17)18-12-7-5-4-6-11(12)9-14/h4-7,10H,2-3,8H2,1H3. The fourth-order valence-electron chi connectivity index (χ4n) is 1.55. The molecule has 0 unspecified atom stereocenters. The highest BCUT2D eigenvalue weighted by Crippen LogP contribution is 2.28. The summed E-state index contributed by atoms with van der Waals surface area (Å²) in [6.45, 7) is 3.07. The molecule has 0 bridgehead atoms. The highest BCUT2D eigenvalue weighted by atomic mass is 32.2. The Hall–Kier alpha value is -1.80. The number of aryl methyl sites for hydroxylation is 1. The van der Waals surface area contributed by atoms with Crippen molar-refractivity contribution in [2.75, 3.05) is 0 Å². The molecule has 1 heterocycles. The molecule has 0 saturated carbocycles. The van der Waals surface area contributed by atoms with Crippen LogP contribution in [0.2, 0.25) is 0 Å². The maximum absolute atomic E-state index is 9.05. The summed E-state index contributed by atoms with van der Waals surface area (Å²) in [5.41, 5.74) is 0.674. The Kier molecular flexibility index (Phi) is 4.37. The van der Waals surface area contributed by atoms with E-state index in [2.05, 4.69) is 23.2 Å². The van der Waals surface area contributed by atoms with Crippen LogP contribution in [0, 0.1) is 11.3 Å². The van der Waals surface area contributed by atoms with Gasteiger partial charge in [0.1, 0.15) is 12.4 Å². The van der Waals surface area contributed by atoms with Crippen molar-refractivity contribution in [1.82, 2.24) is 14.8 Å². The second-order valence-electron chi connectivity index (χ2n) is 3.87. The summed E-state index contributed by atoms with van der Waals surface area (Å²) < 4.78 is 2.03. The fourth-order valence-corrected chi connectivity index (χ4v) is 2.46. The first kappa shape index (κ1) is 12.7. The summed E-state index contributed by atoms with van der Waals surface area (Å²) >= 11 is 1.49. The number of aromatic nitrogens is 3. The molecule has 92 valence electrons. The molecule has 0 N–H and O–H groups in total. The van der Waals surface area contributed by atoms with Crippen molar-refractivity contribution in [2.45, 2.75) is 36.4 Å². The minimum atomic E-state index is 0.674. The molecule has 1 aromatic carbocycles. The van der Waals surface area contributed by atoms with Gasteiger partial charge in [0, 0.05) is 11.4 Å². The first-order valence-electron chi connectivity index (χ1n) is 5.90. The van der Waals surface area contributed by atoms with Crippen molar-refractivity contribution in [3.05, 3.63) is 36.2 Å². The van der Waals surface area contributed by atoms with E-state index in [1.807, 2.05) is 28.8 Å². The highest BCUT2D eigenvalue weighted by Gasteiger charge is 2.09. The summed E-state index contributed by atoms with van der Waals surface area (Å²) in [6, 6.07) is 9.73. The molecule has 0 aliphatic carbocycles. The Bertz CT molecular complexity index is 556. The SMILES string of the molecule is CCCCn1cnnc1Sc1ccccc1C#N. The molecule has 18 heavy (non-hydrogen) atoms. The summed E-state index contributed by atoms with van der Waals surface area (Å²) in [7, 11) is 0. The minimum absolute atomic E-state index is 0.674. The van der Waals surface area contributed by atoms with E-state index in [0.29, 0.717) is 5.56 Å². The van der Waals surface area contributed by atoms with Gasteiger partial charge in [-0.05, 0) is 30.3 Å². The van der Waals surface area contributed by atoms with E-state index in [1.54, 1.807) is 6.33 Å². The zero-order chi connectivity index (χ0) is 12.8. The van der Waals surface area contributed by atoms with Crippen LogP contribution in [0.1, 0.15) is 25.3 Å². The highest BCUT2D eigenvalue weighted by molar-refractivity contribution is 7.99. The molecule has 0 spiro atoms. The third kappa shape index (κ3) is 2.90. The van der Waals surface area contributed by atoms with Gasteiger partial charge in [-0.1, -0.05) is 25.5 Å². The zero-order valence-electron chi connectivity index (χ0n) is 10.2. The Morgan fingerprint density at radius 1 is 1.39 bits per heavy atom. The van der Waals surface area contributed by atoms with Gasteiger partial charge in [0.15, 0.2) is 5.16 Å². The molecule has 0 atom stereocenters. The molecule has 0 aliphatic rings. The van der Waals surface area contributed by atoms with Gasteiger partial charge in [-0.3, -0.25) is 0 Å². The molecule has 2 rings (SSSR count). The summed E-state index contributed by atoms with van der Waals surface area (Å²) in [5.74, 6) is 0. The van der Waals surface area contributed by atoms with E-state index in [4.69, 9.17) is 5.26 Å². The van der Waals surface area contributed by atoms with Gasteiger partial charge in [0.05, 0.1) is 5.56 Å². The van der Waals surface area contributed by atoms with Gasteiger partial charge in [-0.15, -0.1) is 10.2 Å². The fraction of sp³-hybridized carbons (Fsp3) is 0.308. The molecule has 5 heteroatoms. The van der Waals surface area contributed by atoms with Crippen LogP contribution in [-0.2, 0) is 6.54 Å². The Morgan fingerprint density at radius 2 is 2.22 bits per heavy atom. The average Bonchev–Trinajstić information content (AvgIpc) is 2.84. The Balaban J connectivity index is 2.19. The van der Waals surface area contributed by atoms with Crippen molar-refractivity contribution >= 4 is 11.8 Å². The van der Waals surface area contributed by atoms with Crippen LogP contribution < -0.4 is 0 Å². The van der Waals surface area contributed by atoms with Gasteiger partial charge in [0.2, 0.25) is 0 Å². The molecule has 0 radical (unpaired) electrons. The molecule has 0 aliphatic heterocycles.